The third-order valence-electron chi connectivity index (χ3n) is 4.89. The summed E-state index contributed by atoms with van der Waals surface area (Å²) in [7, 11) is 0. The molecule has 2 aliphatic rings. The van der Waals surface area contributed by atoms with Gasteiger partial charge in [-0.3, -0.25) is 9.69 Å². The van der Waals surface area contributed by atoms with Crippen LogP contribution in [0.1, 0.15) is 41.5 Å². The summed E-state index contributed by atoms with van der Waals surface area (Å²) in [6.07, 6.45) is 1.39. The van der Waals surface area contributed by atoms with Crippen molar-refractivity contribution in [3.8, 4) is 0 Å². The van der Waals surface area contributed by atoms with Crippen LogP contribution in [0.4, 0.5) is 0 Å². The number of fused-ring (bicyclic) bond motifs is 3. The fourth-order valence-electron chi connectivity index (χ4n) is 3.83. The molecule has 2 heterocycles. The van der Waals surface area contributed by atoms with E-state index in [4.69, 9.17) is 0 Å². The minimum atomic E-state index is 0.294. The van der Waals surface area contributed by atoms with Crippen molar-refractivity contribution in [2.75, 3.05) is 13.1 Å². The summed E-state index contributed by atoms with van der Waals surface area (Å²) in [4.78, 5) is 14.4. The molecule has 2 aliphatic heterocycles. The van der Waals surface area contributed by atoms with E-state index in [1.807, 2.05) is 0 Å². The van der Waals surface area contributed by atoms with Crippen LogP contribution in [0.15, 0.2) is 54.6 Å². The van der Waals surface area contributed by atoms with E-state index < -0.39 is 0 Å². The van der Waals surface area contributed by atoms with Crippen molar-refractivity contribution in [2.45, 2.75) is 24.8 Å². The largest absolute Gasteiger partial charge is 0.300 e. The Kier molecular flexibility index (Phi) is 3.12. The summed E-state index contributed by atoms with van der Waals surface area (Å²) in [6, 6.07) is 19.7. The molecular weight excluding hydrogens is 258 g/mol. The van der Waals surface area contributed by atoms with Gasteiger partial charge >= 0.3 is 0 Å². The fraction of sp³-hybridized carbons (Fsp3) is 0.316. The van der Waals surface area contributed by atoms with E-state index in [2.05, 4.69) is 59.5 Å². The van der Waals surface area contributed by atoms with Crippen molar-refractivity contribution in [3.63, 3.8) is 0 Å². The van der Waals surface area contributed by atoms with Crippen LogP contribution < -0.4 is 0 Å². The molecule has 2 aromatic rings. The maximum absolute atomic E-state index is 11.9. The molecule has 2 heteroatoms. The van der Waals surface area contributed by atoms with Crippen molar-refractivity contribution in [1.29, 1.82) is 0 Å². The molecular formula is C19H19NO. The molecule has 21 heavy (non-hydrogen) atoms. The van der Waals surface area contributed by atoms with E-state index in [1.165, 1.54) is 16.7 Å². The fourth-order valence-corrected chi connectivity index (χ4v) is 3.83. The minimum absolute atomic E-state index is 0.294. The number of carbonyl (C=O) groups is 1. The molecule has 0 bridgehead atoms. The molecule has 0 aromatic heterocycles. The summed E-state index contributed by atoms with van der Waals surface area (Å²) in [6.45, 7) is 1.93. The Morgan fingerprint density at radius 3 is 2.43 bits per heavy atom. The first-order chi connectivity index (χ1) is 10.3. The van der Waals surface area contributed by atoms with E-state index in [0.717, 1.165) is 13.1 Å². The van der Waals surface area contributed by atoms with Crippen LogP contribution in [0.25, 0.3) is 0 Å². The lowest BCUT2D eigenvalue weighted by atomic mass is 9.78. The lowest BCUT2D eigenvalue weighted by molar-refractivity contribution is -0.123. The zero-order chi connectivity index (χ0) is 14.2. The molecule has 0 aliphatic carbocycles. The van der Waals surface area contributed by atoms with Gasteiger partial charge in [-0.1, -0.05) is 54.6 Å². The Hall–Kier alpha value is -1.93. The first kappa shape index (κ1) is 12.8. The van der Waals surface area contributed by atoms with Gasteiger partial charge < -0.3 is 0 Å². The van der Waals surface area contributed by atoms with Crippen LogP contribution in [0, 0.1) is 0 Å². The van der Waals surface area contributed by atoms with Gasteiger partial charge in [0, 0.05) is 37.9 Å². The Morgan fingerprint density at radius 2 is 1.62 bits per heavy atom. The first-order valence-electron chi connectivity index (χ1n) is 7.72. The quantitative estimate of drug-likeness (QED) is 0.794. The number of hydrogen-bond donors (Lipinski definition) is 0. The van der Waals surface area contributed by atoms with Gasteiger partial charge in [0.05, 0.1) is 0 Å². The molecule has 2 aromatic carbocycles. The van der Waals surface area contributed by atoms with Gasteiger partial charge in [0.2, 0.25) is 0 Å². The number of benzene rings is 2. The number of rotatable bonds is 1. The highest BCUT2D eigenvalue weighted by Gasteiger charge is 2.36. The summed E-state index contributed by atoms with van der Waals surface area (Å²) in [5, 5.41) is 0. The summed E-state index contributed by atoms with van der Waals surface area (Å²) in [5.41, 5.74) is 4.13. The number of nitrogens with zero attached hydrogens (tertiary/aromatic N) is 1. The van der Waals surface area contributed by atoms with Crippen LogP contribution in [0.3, 0.4) is 0 Å². The van der Waals surface area contributed by atoms with Gasteiger partial charge in [0.15, 0.2) is 0 Å². The van der Waals surface area contributed by atoms with E-state index >= 15 is 0 Å². The molecule has 0 saturated carbocycles. The lowest BCUT2D eigenvalue weighted by Gasteiger charge is -2.43. The van der Waals surface area contributed by atoms with Crippen LogP contribution >= 0.6 is 0 Å². The third kappa shape index (κ3) is 2.20. The molecule has 4 rings (SSSR count). The van der Waals surface area contributed by atoms with Crippen molar-refractivity contribution < 1.29 is 4.79 Å². The Morgan fingerprint density at radius 1 is 0.905 bits per heavy atom. The van der Waals surface area contributed by atoms with Crippen molar-refractivity contribution in [2.24, 2.45) is 0 Å². The molecule has 0 amide bonds. The van der Waals surface area contributed by atoms with Gasteiger partial charge in [0.1, 0.15) is 5.78 Å². The van der Waals surface area contributed by atoms with E-state index in [9.17, 15) is 4.79 Å². The molecule has 0 spiro atoms. The maximum atomic E-state index is 11.9. The summed E-state index contributed by atoms with van der Waals surface area (Å²) in [5.74, 6) is 0.830. The average Bonchev–Trinajstić information content (AvgIpc) is 2.55. The van der Waals surface area contributed by atoms with Crippen LogP contribution in [-0.4, -0.2) is 23.8 Å². The highest BCUT2D eigenvalue weighted by Crippen LogP contribution is 2.42. The molecule has 0 unspecified atom stereocenters. The van der Waals surface area contributed by atoms with E-state index in [-0.39, 0.29) is 0 Å². The zero-order valence-electron chi connectivity index (χ0n) is 12.0. The maximum Gasteiger partial charge on any atom is 0.136 e. The lowest BCUT2D eigenvalue weighted by Crippen LogP contribution is -2.43. The molecule has 2 atom stereocenters. The van der Waals surface area contributed by atoms with Crippen LogP contribution in [0.5, 0.6) is 0 Å². The number of Topliss-reactive ketones (excluding diaryl/α,β-unsaturated/α-hetero) is 1. The minimum Gasteiger partial charge on any atom is -0.300 e. The Bertz CT molecular complexity index is 664. The predicted octanol–water partition coefficient (Wildman–Crippen LogP) is 3.54. The number of carbonyl (C=O) groups excluding carboxylic acids is 1. The number of ketones is 1. The monoisotopic (exact) mass is 277 g/mol. The second kappa shape index (κ2) is 5.12. The smallest absolute Gasteiger partial charge is 0.136 e. The van der Waals surface area contributed by atoms with Gasteiger partial charge in [0.25, 0.3) is 0 Å². The van der Waals surface area contributed by atoms with Gasteiger partial charge in [-0.05, 0) is 16.7 Å². The van der Waals surface area contributed by atoms with E-state index in [0.29, 0.717) is 30.6 Å². The molecule has 1 saturated heterocycles. The molecule has 0 N–H and O–H groups in total. The van der Waals surface area contributed by atoms with Gasteiger partial charge in [-0.25, -0.2) is 0 Å². The molecule has 1 fully saturated rings. The van der Waals surface area contributed by atoms with Crippen molar-refractivity contribution >= 4 is 5.78 Å². The second-order valence-corrected chi connectivity index (χ2v) is 6.10. The summed E-state index contributed by atoms with van der Waals surface area (Å²) < 4.78 is 0. The number of hydrogen-bond acceptors (Lipinski definition) is 2. The highest BCUT2D eigenvalue weighted by atomic mass is 16.1. The van der Waals surface area contributed by atoms with Crippen LogP contribution in [-0.2, 0) is 4.79 Å². The molecule has 0 radical (unpaired) electrons. The SMILES string of the molecule is O=C1CCN2C[C@@H](c3ccccc3)c3ccccc3[C@H]2C1. The third-order valence-corrected chi connectivity index (χ3v) is 4.89. The molecule has 106 valence electrons. The zero-order valence-corrected chi connectivity index (χ0v) is 12.0. The van der Waals surface area contributed by atoms with Crippen molar-refractivity contribution in [3.05, 3.63) is 71.3 Å². The molecule has 2 nitrogen and oxygen atoms in total. The predicted molar refractivity (Wildman–Crippen MR) is 83.3 cm³/mol. The number of piperidine rings is 1. The second-order valence-electron chi connectivity index (χ2n) is 6.10. The standard InChI is InChI=1S/C19H19NO/c21-15-10-11-20-13-18(14-6-2-1-3-7-14)16-8-4-5-9-17(16)19(20)12-15/h1-9,18-19H,10-13H2/t18-,19+/m0/s1. The van der Waals surface area contributed by atoms with Crippen LogP contribution in [0.2, 0.25) is 0 Å². The topological polar surface area (TPSA) is 20.3 Å². The average molecular weight is 277 g/mol. The normalized spacial score (nSPS) is 25.2. The van der Waals surface area contributed by atoms with Crippen molar-refractivity contribution in [1.82, 2.24) is 4.90 Å². The summed E-state index contributed by atoms with van der Waals surface area (Å²) >= 11 is 0. The highest BCUT2D eigenvalue weighted by molar-refractivity contribution is 5.80. The van der Waals surface area contributed by atoms with E-state index in [1.54, 1.807) is 0 Å². The van der Waals surface area contributed by atoms with Gasteiger partial charge in [-0.2, -0.15) is 0 Å². The Labute approximate surface area is 125 Å². The first-order valence-corrected chi connectivity index (χ1v) is 7.72. The van der Waals surface area contributed by atoms with Gasteiger partial charge in [-0.15, -0.1) is 0 Å². The Balaban J connectivity index is 1.80.